The van der Waals surface area contributed by atoms with Crippen molar-refractivity contribution in [2.24, 2.45) is 0 Å². The number of benzene rings is 2. The average molecular weight is 293 g/mol. The number of H-pyrrole nitrogens is 1. The molecule has 3 aromatic rings. The van der Waals surface area contributed by atoms with Crippen LogP contribution < -0.4 is 0 Å². The predicted molar refractivity (Wildman–Crippen MR) is 98.5 cm³/mol. The van der Waals surface area contributed by atoms with Gasteiger partial charge in [-0.25, -0.2) is 0 Å². The van der Waals surface area contributed by atoms with Crippen LogP contribution in [0.4, 0.5) is 0 Å². The van der Waals surface area contributed by atoms with Gasteiger partial charge in [0.15, 0.2) is 0 Å². The second-order valence-electron chi connectivity index (χ2n) is 5.22. The second-order valence-corrected chi connectivity index (χ2v) is 5.22. The highest BCUT2D eigenvalue weighted by Crippen LogP contribution is 2.42. The van der Waals surface area contributed by atoms with Crippen molar-refractivity contribution < 1.29 is 0 Å². The predicted octanol–water partition coefficient (Wildman–Crippen LogP) is 6.55. The number of aromatic amines is 1. The van der Waals surface area contributed by atoms with Crippen molar-refractivity contribution in [1.82, 2.24) is 4.98 Å². The molecule has 1 atom stereocenters. The molecule has 0 radical (unpaired) electrons. The molecule has 1 N–H and O–H groups in total. The van der Waals surface area contributed by atoms with E-state index in [9.17, 15) is 0 Å². The molecule has 0 bridgehead atoms. The highest BCUT2D eigenvalue weighted by atomic mass is 14.7. The third-order valence-electron chi connectivity index (χ3n) is 4.05. The lowest BCUT2D eigenvalue weighted by atomic mass is 9.82. The zero-order valence-corrected chi connectivity index (χ0v) is 14.4. The van der Waals surface area contributed by atoms with E-state index < -0.39 is 0 Å². The van der Waals surface area contributed by atoms with E-state index in [-0.39, 0.29) is 0 Å². The Morgan fingerprint density at radius 1 is 0.864 bits per heavy atom. The summed E-state index contributed by atoms with van der Waals surface area (Å²) < 4.78 is 0. The SMILES string of the molecule is CC.CC.CC1Cc2ccccc2-c2[nH]c3ccccc3c21. The Bertz CT molecular complexity index is 737. The van der Waals surface area contributed by atoms with Crippen molar-refractivity contribution >= 4 is 10.9 Å². The molecule has 1 unspecified atom stereocenters. The van der Waals surface area contributed by atoms with Crippen molar-refractivity contribution in [3.8, 4) is 11.3 Å². The third kappa shape index (κ3) is 2.68. The maximum atomic E-state index is 3.60. The maximum Gasteiger partial charge on any atom is 0.0503 e. The van der Waals surface area contributed by atoms with Crippen LogP contribution >= 0.6 is 0 Å². The fourth-order valence-electron chi connectivity index (χ4n) is 3.26. The van der Waals surface area contributed by atoms with Gasteiger partial charge < -0.3 is 4.98 Å². The molecule has 22 heavy (non-hydrogen) atoms. The van der Waals surface area contributed by atoms with Crippen molar-refractivity contribution in [2.45, 2.75) is 47.0 Å². The summed E-state index contributed by atoms with van der Waals surface area (Å²) in [5.41, 5.74) is 6.91. The lowest BCUT2D eigenvalue weighted by Crippen LogP contribution is -2.07. The molecule has 0 aliphatic heterocycles. The molecule has 0 spiro atoms. The van der Waals surface area contributed by atoms with Crippen LogP contribution in [-0.4, -0.2) is 4.98 Å². The van der Waals surface area contributed by atoms with Gasteiger partial charge in [-0.15, -0.1) is 0 Å². The van der Waals surface area contributed by atoms with Gasteiger partial charge in [0.05, 0.1) is 5.69 Å². The molecular formula is C21H27N. The summed E-state index contributed by atoms with van der Waals surface area (Å²) in [7, 11) is 0. The largest absolute Gasteiger partial charge is 0.354 e. The number of hydrogen-bond acceptors (Lipinski definition) is 0. The van der Waals surface area contributed by atoms with E-state index in [1.165, 1.54) is 33.3 Å². The highest BCUT2D eigenvalue weighted by molar-refractivity contribution is 5.93. The van der Waals surface area contributed by atoms with Crippen molar-refractivity contribution in [3.63, 3.8) is 0 Å². The summed E-state index contributed by atoms with van der Waals surface area (Å²) in [5, 5.41) is 1.38. The number of nitrogens with one attached hydrogen (secondary N) is 1. The van der Waals surface area contributed by atoms with Gasteiger partial charge in [0.2, 0.25) is 0 Å². The maximum absolute atomic E-state index is 3.60. The van der Waals surface area contributed by atoms with Gasteiger partial charge in [0.1, 0.15) is 0 Å². The van der Waals surface area contributed by atoms with Crippen LogP contribution in [-0.2, 0) is 6.42 Å². The first-order chi connectivity index (χ1) is 10.8. The molecule has 0 fully saturated rings. The van der Waals surface area contributed by atoms with Gasteiger partial charge in [0, 0.05) is 16.5 Å². The fraction of sp³-hybridized carbons (Fsp3) is 0.333. The number of para-hydroxylation sites is 1. The zero-order chi connectivity index (χ0) is 16.1. The van der Waals surface area contributed by atoms with Crippen LogP contribution in [0.3, 0.4) is 0 Å². The Kier molecular flexibility index (Phi) is 5.43. The summed E-state index contributed by atoms with van der Waals surface area (Å²) in [6, 6.07) is 17.4. The molecule has 116 valence electrons. The van der Waals surface area contributed by atoms with Gasteiger partial charge in [-0.3, -0.25) is 0 Å². The summed E-state index contributed by atoms with van der Waals surface area (Å²) in [6.45, 7) is 10.3. The lowest BCUT2D eigenvalue weighted by Gasteiger charge is -2.22. The Morgan fingerprint density at radius 3 is 2.27 bits per heavy atom. The van der Waals surface area contributed by atoms with E-state index in [4.69, 9.17) is 0 Å². The average Bonchev–Trinajstić information content (AvgIpc) is 2.99. The Labute approximate surface area is 134 Å². The number of rotatable bonds is 0. The van der Waals surface area contributed by atoms with Crippen molar-refractivity contribution in [1.29, 1.82) is 0 Å². The summed E-state index contributed by atoms with van der Waals surface area (Å²) in [6.07, 6.45) is 1.14. The third-order valence-corrected chi connectivity index (χ3v) is 4.05. The molecule has 0 saturated heterocycles. The van der Waals surface area contributed by atoms with Crippen LogP contribution in [0, 0.1) is 0 Å². The smallest absolute Gasteiger partial charge is 0.0503 e. The molecule has 0 amide bonds. The van der Waals surface area contributed by atoms with Crippen LogP contribution in [0.2, 0.25) is 0 Å². The minimum Gasteiger partial charge on any atom is -0.354 e. The van der Waals surface area contributed by atoms with E-state index >= 15 is 0 Å². The van der Waals surface area contributed by atoms with E-state index in [1.807, 2.05) is 27.7 Å². The quantitative estimate of drug-likeness (QED) is 0.484. The van der Waals surface area contributed by atoms with Crippen molar-refractivity contribution in [3.05, 3.63) is 59.7 Å². The van der Waals surface area contributed by atoms with Crippen molar-refractivity contribution in [2.75, 3.05) is 0 Å². The van der Waals surface area contributed by atoms with Crippen LogP contribution in [0.15, 0.2) is 48.5 Å². The number of aromatic nitrogens is 1. The summed E-state index contributed by atoms with van der Waals surface area (Å²) in [5.74, 6) is 0.589. The molecule has 1 heterocycles. The van der Waals surface area contributed by atoms with E-state index in [0.29, 0.717) is 5.92 Å². The first kappa shape index (κ1) is 16.4. The molecule has 1 heteroatoms. The highest BCUT2D eigenvalue weighted by Gasteiger charge is 2.25. The summed E-state index contributed by atoms with van der Waals surface area (Å²) >= 11 is 0. The Balaban J connectivity index is 0.000000410. The summed E-state index contributed by atoms with van der Waals surface area (Å²) in [4.78, 5) is 3.60. The van der Waals surface area contributed by atoms with Crippen LogP contribution in [0.1, 0.15) is 51.7 Å². The molecule has 1 nitrogen and oxygen atoms in total. The number of hydrogen-bond donors (Lipinski definition) is 1. The fourth-order valence-corrected chi connectivity index (χ4v) is 3.26. The van der Waals surface area contributed by atoms with Gasteiger partial charge in [0.25, 0.3) is 0 Å². The first-order valence-corrected chi connectivity index (χ1v) is 8.53. The molecule has 1 aliphatic carbocycles. The normalized spacial score (nSPS) is 14.9. The van der Waals surface area contributed by atoms with Gasteiger partial charge >= 0.3 is 0 Å². The monoisotopic (exact) mass is 293 g/mol. The first-order valence-electron chi connectivity index (χ1n) is 8.53. The van der Waals surface area contributed by atoms with Gasteiger partial charge in [-0.2, -0.15) is 0 Å². The van der Waals surface area contributed by atoms with Crippen LogP contribution in [0.25, 0.3) is 22.2 Å². The topological polar surface area (TPSA) is 15.8 Å². The minimum atomic E-state index is 0.589. The Hall–Kier alpha value is -2.02. The van der Waals surface area contributed by atoms with E-state index in [1.54, 1.807) is 0 Å². The second kappa shape index (κ2) is 7.31. The lowest BCUT2D eigenvalue weighted by molar-refractivity contribution is 0.755. The van der Waals surface area contributed by atoms with Gasteiger partial charge in [-0.05, 0) is 29.5 Å². The molecular weight excluding hydrogens is 266 g/mol. The zero-order valence-electron chi connectivity index (χ0n) is 14.4. The Morgan fingerprint density at radius 2 is 1.50 bits per heavy atom. The van der Waals surface area contributed by atoms with E-state index in [0.717, 1.165) is 6.42 Å². The molecule has 1 aromatic heterocycles. The molecule has 0 saturated carbocycles. The molecule has 4 rings (SSSR count). The van der Waals surface area contributed by atoms with Gasteiger partial charge in [-0.1, -0.05) is 77.1 Å². The molecule has 1 aliphatic rings. The minimum absolute atomic E-state index is 0.589. The standard InChI is InChI=1S/C17H15N.2C2H6/c1-11-10-12-6-2-3-7-13(12)17-16(11)14-8-4-5-9-15(14)18-17;2*1-2/h2-9,11,18H,10H2,1H3;2*1-2H3. The molecule has 2 aromatic carbocycles. The van der Waals surface area contributed by atoms with Crippen LogP contribution in [0.5, 0.6) is 0 Å². The number of fused-ring (bicyclic) bond motifs is 5. The van der Waals surface area contributed by atoms with E-state index in [2.05, 4.69) is 60.4 Å².